The molecule has 0 bridgehead atoms. The first-order valence-corrected chi connectivity index (χ1v) is 12.8. The molecule has 3 nitrogen and oxygen atoms in total. The second-order valence-electron chi connectivity index (χ2n) is 11.0. The van der Waals surface area contributed by atoms with Gasteiger partial charge in [0.15, 0.2) is 5.78 Å². The Morgan fingerprint density at radius 1 is 1.03 bits per heavy atom. The van der Waals surface area contributed by atoms with E-state index < -0.39 is 5.30 Å². The average molecular weight is 439 g/mol. The summed E-state index contributed by atoms with van der Waals surface area (Å²) in [6.45, 7) is 4.83. The largest absolute Gasteiger partial charge is 0.473 e. The molecule has 0 amide bonds. The van der Waals surface area contributed by atoms with Crippen LogP contribution in [0.15, 0.2) is 42.0 Å². The lowest BCUT2D eigenvalue weighted by molar-refractivity contribution is -0.117. The van der Waals surface area contributed by atoms with E-state index in [4.69, 9.17) is 0 Å². The molecule has 166 valence electrons. The van der Waals surface area contributed by atoms with Gasteiger partial charge in [-0.05, 0) is 103 Å². The molecule has 0 aliphatic heterocycles. The molecule has 3 fully saturated rings. The van der Waals surface area contributed by atoms with Gasteiger partial charge in [0.25, 0.3) is 0 Å². The number of allylic oxidation sites excluding steroid dienone is 1. The Bertz CT molecular complexity index is 924. The number of hydrogen-bond donors (Lipinski definition) is 1. The molecule has 31 heavy (non-hydrogen) atoms. The van der Waals surface area contributed by atoms with Crippen molar-refractivity contribution in [1.29, 1.82) is 0 Å². The van der Waals surface area contributed by atoms with E-state index in [2.05, 4.69) is 38.1 Å². The third-order valence-electron chi connectivity index (χ3n) is 9.87. The quantitative estimate of drug-likeness (QED) is 0.557. The monoisotopic (exact) mass is 438 g/mol. The third-order valence-corrected chi connectivity index (χ3v) is 11.2. The molecule has 0 saturated heterocycles. The lowest BCUT2D eigenvalue weighted by Crippen LogP contribution is -2.54. The zero-order chi connectivity index (χ0) is 21.9. The minimum atomic E-state index is -0.730. The van der Waals surface area contributed by atoms with Crippen LogP contribution in [-0.2, 0) is 11.2 Å². The molecule has 0 spiro atoms. The molecule has 4 aliphatic carbocycles. The van der Waals surface area contributed by atoms with Crippen LogP contribution in [0.1, 0.15) is 70.8 Å². The predicted octanol–water partition coefficient (Wildman–Crippen LogP) is 6.91. The van der Waals surface area contributed by atoms with Gasteiger partial charge in [-0.15, -0.1) is 0 Å². The third kappa shape index (κ3) is 3.23. The molecular weight excluding hydrogens is 404 g/mol. The number of carboxylic acid groups (broad SMARTS) is 1. The Morgan fingerprint density at radius 3 is 2.52 bits per heavy atom. The zero-order valence-electron chi connectivity index (χ0n) is 18.7. The van der Waals surface area contributed by atoms with E-state index in [-0.39, 0.29) is 15.6 Å². The van der Waals surface area contributed by atoms with E-state index >= 15 is 0 Å². The Morgan fingerprint density at radius 2 is 1.77 bits per heavy atom. The maximum atomic E-state index is 12.1. The summed E-state index contributed by atoms with van der Waals surface area (Å²) in [6.07, 6.45) is 11.1. The number of carbonyl (C=O) groups is 2. The summed E-state index contributed by atoms with van der Waals surface area (Å²) in [4.78, 5) is 24.1. The average Bonchev–Trinajstić information content (AvgIpc) is 3.01. The van der Waals surface area contributed by atoms with E-state index in [0.717, 1.165) is 44.9 Å². The van der Waals surface area contributed by atoms with Crippen molar-refractivity contribution < 1.29 is 14.7 Å². The lowest BCUT2D eigenvalue weighted by Gasteiger charge is -2.59. The van der Waals surface area contributed by atoms with Crippen molar-refractivity contribution in [2.75, 3.05) is 0 Å². The van der Waals surface area contributed by atoms with Gasteiger partial charge in [0.1, 0.15) is 0 Å². The minimum absolute atomic E-state index is 0.0368. The summed E-state index contributed by atoms with van der Waals surface area (Å²) in [5.74, 6) is 2.19. The first-order valence-electron chi connectivity index (χ1n) is 12.0. The number of carbonyl (C=O) groups excluding carboxylic acids is 1. The van der Waals surface area contributed by atoms with Gasteiger partial charge in [0.2, 0.25) is 0 Å². The SMILES string of the molecule is C[C@]12CCC(=O)C=C1CC[C@@H]1[C@H]2CC[C@@]2(C)[C@H]1CCC2(Cc1ccccc1)SC(=O)O. The second-order valence-corrected chi connectivity index (χ2v) is 12.3. The molecular formula is C27H34O3S. The highest BCUT2D eigenvalue weighted by Crippen LogP contribution is 2.70. The topological polar surface area (TPSA) is 54.4 Å². The van der Waals surface area contributed by atoms with E-state index in [0.29, 0.717) is 30.0 Å². The minimum Gasteiger partial charge on any atom is -0.473 e. The van der Waals surface area contributed by atoms with Crippen molar-refractivity contribution in [1.82, 2.24) is 0 Å². The standard InChI is InChI=1S/C27H34O3S/c1-25-13-10-20(28)16-19(25)8-9-21-22(25)11-14-26(2)23(21)12-15-27(26,31-24(29)30)17-18-6-4-3-5-7-18/h3-7,16,21-23H,8-15,17H2,1-2H3,(H,29,30)/t21-,22-,23+,25+,26+,27?/m1/s1. The summed E-state index contributed by atoms with van der Waals surface area (Å²) in [6, 6.07) is 10.5. The summed E-state index contributed by atoms with van der Waals surface area (Å²) < 4.78 is -0.241. The molecule has 4 aliphatic rings. The van der Waals surface area contributed by atoms with E-state index in [1.165, 1.54) is 29.3 Å². The second kappa shape index (κ2) is 7.50. The normalized spacial score (nSPS) is 41.7. The van der Waals surface area contributed by atoms with Crippen molar-refractivity contribution in [3.05, 3.63) is 47.5 Å². The number of rotatable bonds is 3. The Hall–Kier alpha value is -1.55. The van der Waals surface area contributed by atoms with Gasteiger partial charge in [-0.2, -0.15) is 0 Å². The summed E-state index contributed by atoms with van der Waals surface area (Å²) in [7, 11) is 0. The summed E-state index contributed by atoms with van der Waals surface area (Å²) >= 11 is 1.21. The summed E-state index contributed by atoms with van der Waals surface area (Å²) in [5, 5.41) is 9.17. The molecule has 3 saturated carbocycles. The van der Waals surface area contributed by atoms with Crippen LogP contribution in [-0.4, -0.2) is 20.9 Å². The fourth-order valence-corrected chi connectivity index (χ4v) is 9.52. The number of thioether (sulfide) groups is 1. The highest BCUT2D eigenvalue weighted by molar-refractivity contribution is 8.14. The van der Waals surface area contributed by atoms with Crippen molar-refractivity contribution in [2.24, 2.45) is 28.6 Å². The van der Waals surface area contributed by atoms with Crippen molar-refractivity contribution >= 4 is 22.8 Å². The van der Waals surface area contributed by atoms with Crippen LogP contribution < -0.4 is 0 Å². The van der Waals surface area contributed by atoms with Crippen LogP contribution in [0, 0.1) is 28.6 Å². The van der Waals surface area contributed by atoms with E-state index in [1.807, 2.05) is 12.1 Å². The van der Waals surface area contributed by atoms with Gasteiger partial charge in [0, 0.05) is 11.2 Å². The maximum Gasteiger partial charge on any atom is 0.365 e. The maximum absolute atomic E-state index is 12.1. The van der Waals surface area contributed by atoms with Gasteiger partial charge < -0.3 is 5.11 Å². The molecule has 1 aromatic rings. The molecule has 1 N–H and O–H groups in total. The molecule has 4 heteroatoms. The molecule has 1 aromatic carbocycles. The molecule has 5 rings (SSSR count). The van der Waals surface area contributed by atoms with E-state index in [9.17, 15) is 14.7 Å². The van der Waals surface area contributed by atoms with Crippen molar-refractivity contribution in [2.45, 2.75) is 76.4 Å². The summed E-state index contributed by atoms with van der Waals surface area (Å²) in [5.41, 5.74) is 2.87. The first kappa shape index (κ1) is 21.3. The molecule has 0 heterocycles. The van der Waals surface area contributed by atoms with Gasteiger partial charge in [-0.1, -0.05) is 49.8 Å². The van der Waals surface area contributed by atoms with Crippen molar-refractivity contribution in [3.63, 3.8) is 0 Å². The smallest absolute Gasteiger partial charge is 0.365 e. The van der Waals surface area contributed by atoms with Gasteiger partial charge in [-0.3, -0.25) is 4.79 Å². The van der Waals surface area contributed by atoms with Crippen LogP contribution in [0.25, 0.3) is 0 Å². The van der Waals surface area contributed by atoms with Crippen LogP contribution in [0.5, 0.6) is 0 Å². The van der Waals surface area contributed by atoms with Gasteiger partial charge in [0.05, 0.1) is 0 Å². The fourth-order valence-electron chi connectivity index (χ4n) is 8.24. The Kier molecular flexibility index (Phi) is 5.16. The van der Waals surface area contributed by atoms with Crippen LogP contribution in [0.2, 0.25) is 0 Å². The van der Waals surface area contributed by atoms with Crippen LogP contribution in [0.4, 0.5) is 4.79 Å². The van der Waals surface area contributed by atoms with E-state index in [1.54, 1.807) is 0 Å². The number of benzene rings is 1. The zero-order valence-corrected chi connectivity index (χ0v) is 19.5. The highest BCUT2D eigenvalue weighted by atomic mass is 32.2. The number of fused-ring (bicyclic) bond motifs is 5. The molecule has 0 aromatic heterocycles. The first-order chi connectivity index (χ1) is 14.8. The Labute approximate surface area is 190 Å². The van der Waals surface area contributed by atoms with Crippen LogP contribution >= 0.6 is 11.8 Å². The predicted molar refractivity (Wildman–Crippen MR) is 125 cm³/mol. The molecule has 1 unspecified atom stereocenters. The molecule has 6 atom stereocenters. The highest BCUT2D eigenvalue weighted by Gasteiger charge is 2.64. The lowest BCUT2D eigenvalue weighted by atomic mass is 9.46. The molecule has 0 radical (unpaired) electrons. The van der Waals surface area contributed by atoms with Gasteiger partial charge in [-0.25, -0.2) is 4.79 Å². The fraction of sp³-hybridized carbons (Fsp3) is 0.630. The van der Waals surface area contributed by atoms with Crippen LogP contribution in [0.3, 0.4) is 0 Å². The number of hydrogen-bond acceptors (Lipinski definition) is 3. The Balaban J connectivity index is 1.49. The van der Waals surface area contributed by atoms with Gasteiger partial charge >= 0.3 is 5.30 Å². The number of ketones is 1. The van der Waals surface area contributed by atoms with Crippen molar-refractivity contribution in [3.8, 4) is 0 Å².